The average Bonchev–Trinajstić information content (AvgIpc) is 2.52. The normalized spacial score (nSPS) is 12.6. The molecule has 0 aliphatic rings. The third kappa shape index (κ3) is 4.24. The van der Waals surface area contributed by atoms with Gasteiger partial charge in [-0.25, -0.2) is 0 Å². The van der Waals surface area contributed by atoms with Crippen molar-refractivity contribution in [3.05, 3.63) is 65.7 Å². The Balaban J connectivity index is 2.49. The summed E-state index contributed by atoms with van der Waals surface area (Å²) >= 11 is 0. The Morgan fingerprint density at radius 3 is 1.91 bits per heavy atom. The molecule has 0 bridgehead atoms. The smallest absolute Gasteiger partial charge is 0.242 e. The number of methoxy groups -OCH3 is 1. The highest BCUT2D eigenvalue weighted by Crippen LogP contribution is 2.30. The minimum Gasteiger partial charge on any atom is -0.544 e. The van der Waals surface area contributed by atoms with Crippen LogP contribution in [0, 0.1) is 0 Å². The van der Waals surface area contributed by atoms with Crippen LogP contribution in [-0.2, 0) is 4.43 Å². The van der Waals surface area contributed by atoms with Crippen LogP contribution in [0.2, 0.25) is 19.6 Å². The fourth-order valence-corrected chi connectivity index (χ4v) is 3.10. The highest BCUT2D eigenvalue weighted by atomic mass is 28.4. The van der Waals surface area contributed by atoms with Crippen LogP contribution in [0.5, 0.6) is 5.75 Å². The second-order valence-corrected chi connectivity index (χ2v) is 10.7. The molecule has 0 aliphatic carbocycles. The van der Waals surface area contributed by atoms with E-state index in [0.29, 0.717) is 0 Å². The molecule has 0 aromatic heterocycles. The number of benzene rings is 2. The molecule has 0 spiro atoms. The second-order valence-electron chi connectivity index (χ2n) is 6.26. The van der Waals surface area contributed by atoms with E-state index in [1.165, 1.54) is 0 Å². The van der Waals surface area contributed by atoms with Gasteiger partial charge in [0.1, 0.15) is 11.5 Å². The zero-order chi connectivity index (χ0) is 16.2. The Hall–Kier alpha value is -2.00. The number of hydrogen-bond acceptors (Lipinski definition) is 2. The first-order valence-electron chi connectivity index (χ1n) is 7.50. The molecule has 0 aliphatic heterocycles. The van der Waals surface area contributed by atoms with E-state index >= 15 is 0 Å². The molecule has 0 N–H and O–H groups in total. The molecule has 116 valence electrons. The zero-order valence-corrected chi connectivity index (χ0v) is 15.0. The summed E-state index contributed by atoms with van der Waals surface area (Å²) in [6.45, 7) is 8.73. The van der Waals surface area contributed by atoms with Crippen molar-refractivity contribution in [3.8, 4) is 5.75 Å². The topological polar surface area (TPSA) is 18.5 Å². The van der Waals surface area contributed by atoms with Gasteiger partial charge in [-0.1, -0.05) is 42.5 Å². The van der Waals surface area contributed by atoms with Crippen LogP contribution in [0.1, 0.15) is 18.1 Å². The number of allylic oxidation sites excluding steroid dienone is 1. The first-order valence-corrected chi connectivity index (χ1v) is 10.9. The van der Waals surface area contributed by atoms with Crippen LogP contribution in [0.4, 0.5) is 0 Å². The quantitative estimate of drug-likeness (QED) is 0.416. The molecular weight excluding hydrogens is 288 g/mol. The molecule has 0 unspecified atom stereocenters. The molecule has 2 nitrogen and oxygen atoms in total. The van der Waals surface area contributed by atoms with E-state index in [9.17, 15) is 0 Å². The summed E-state index contributed by atoms with van der Waals surface area (Å²) in [5.74, 6) is 1.84. The summed E-state index contributed by atoms with van der Waals surface area (Å²) in [7, 11) is -0.0171. The van der Waals surface area contributed by atoms with Gasteiger partial charge in [0.05, 0.1) is 7.11 Å². The second kappa shape index (κ2) is 6.84. The largest absolute Gasteiger partial charge is 0.544 e. The predicted molar refractivity (Wildman–Crippen MR) is 96.4 cm³/mol. The van der Waals surface area contributed by atoms with Gasteiger partial charge in [-0.3, -0.25) is 0 Å². The minimum absolute atomic E-state index is 0.865. The lowest BCUT2D eigenvalue weighted by Crippen LogP contribution is -2.24. The highest BCUT2D eigenvalue weighted by molar-refractivity contribution is 6.70. The molecule has 0 heterocycles. The highest BCUT2D eigenvalue weighted by Gasteiger charge is 2.20. The van der Waals surface area contributed by atoms with Gasteiger partial charge < -0.3 is 9.16 Å². The van der Waals surface area contributed by atoms with Gasteiger partial charge in [-0.15, -0.1) is 0 Å². The summed E-state index contributed by atoms with van der Waals surface area (Å²) in [6.07, 6.45) is 0. The molecular formula is C19H24O2Si. The van der Waals surface area contributed by atoms with E-state index in [4.69, 9.17) is 9.16 Å². The summed E-state index contributed by atoms with van der Waals surface area (Å²) < 4.78 is 11.6. The molecule has 0 atom stereocenters. The average molecular weight is 312 g/mol. The monoisotopic (exact) mass is 312 g/mol. The van der Waals surface area contributed by atoms with Gasteiger partial charge >= 0.3 is 0 Å². The summed E-state index contributed by atoms with van der Waals surface area (Å²) in [6, 6.07) is 18.4. The molecule has 2 rings (SSSR count). The van der Waals surface area contributed by atoms with Gasteiger partial charge in [-0.2, -0.15) is 0 Å². The molecule has 2 aromatic rings. The van der Waals surface area contributed by atoms with Gasteiger partial charge in [0, 0.05) is 5.56 Å². The third-order valence-electron chi connectivity index (χ3n) is 3.31. The Morgan fingerprint density at radius 1 is 0.818 bits per heavy atom. The molecule has 0 radical (unpaired) electrons. The van der Waals surface area contributed by atoms with Crippen molar-refractivity contribution >= 4 is 19.6 Å². The fourth-order valence-electron chi connectivity index (χ4n) is 2.22. The van der Waals surface area contributed by atoms with Crippen molar-refractivity contribution in [2.24, 2.45) is 0 Å². The summed E-state index contributed by atoms with van der Waals surface area (Å²) in [5.41, 5.74) is 3.42. The van der Waals surface area contributed by atoms with Crippen molar-refractivity contribution in [1.82, 2.24) is 0 Å². The van der Waals surface area contributed by atoms with Crippen LogP contribution < -0.4 is 4.74 Å². The predicted octanol–water partition coefficient (Wildman–Crippen LogP) is 5.43. The molecule has 0 saturated heterocycles. The van der Waals surface area contributed by atoms with Crippen LogP contribution in [0.25, 0.3) is 11.3 Å². The maximum atomic E-state index is 6.38. The van der Waals surface area contributed by atoms with E-state index < -0.39 is 8.32 Å². The lowest BCUT2D eigenvalue weighted by Gasteiger charge is -2.24. The summed E-state index contributed by atoms with van der Waals surface area (Å²) in [5, 5.41) is 0. The van der Waals surface area contributed by atoms with E-state index in [0.717, 1.165) is 28.2 Å². The van der Waals surface area contributed by atoms with Crippen LogP contribution >= 0.6 is 0 Å². The van der Waals surface area contributed by atoms with Crippen molar-refractivity contribution in [3.63, 3.8) is 0 Å². The van der Waals surface area contributed by atoms with E-state index in [1.54, 1.807) is 7.11 Å². The van der Waals surface area contributed by atoms with Gasteiger partial charge in [0.15, 0.2) is 0 Å². The molecule has 3 heteroatoms. The van der Waals surface area contributed by atoms with E-state index in [1.807, 2.05) is 30.3 Å². The minimum atomic E-state index is -1.70. The SMILES string of the molecule is COc1ccc(/C(C)=C(\O[Si](C)(C)C)c2ccccc2)cc1. The summed E-state index contributed by atoms with van der Waals surface area (Å²) in [4.78, 5) is 0. The maximum absolute atomic E-state index is 6.38. The van der Waals surface area contributed by atoms with Crippen molar-refractivity contribution in [2.45, 2.75) is 26.6 Å². The number of hydrogen-bond donors (Lipinski definition) is 0. The molecule has 0 saturated carbocycles. The first-order chi connectivity index (χ1) is 10.4. The lowest BCUT2D eigenvalue weighted by atomic mass is 10.0. The zero-order valence-electron chi connectivity index (χ0n) is 14.0. The Kier molecular flexibility index (Phi) is 5.09. The molecule has 0 fully saturated rings. The van der Waals surface area contributed by atoms with Crippen molar-refractivity contribution in [2.75, 3.05) is 7.11 Å². The van der Waals surface area contributed by atoms with Crippen molar-refractivity contribution < 1.29 is 9.16 Å². The Bertz CT molecular complexity index is 637. The van der Waals surface area contributed by atoms with Crippen LogP contribution in [0.3, 0.4) is 0 Å². The van der Waals surface area contributed by atoms with Crippen LogP contribution in [-0.4, -0.2) is 15.4 Å². The van der Waals surface area contributed by atoms with Gasteiger partial charge in [-0.05, 0) is 49.8 Å². The van der Waals surface area contributed by atoms with Crippen molar-refractivity contribution in [1.29, 1.82) is 0 Å². The Morgan fingerprint density at radius 2 is 1.41 bits per heavy atom. The molecule has 0 amide bonds. The fraction of sp³-hybridized carbons (Fsp3) is 0.263. The standard InChI is InChI=1S/C19H24O2Si/c1-15(16-11-13-18(20-2)14-12-16)19(21-22(3,4)5)17-9-7-6-8-10-17/h6-14H,1-5H3/b19-15-. The number of rotatable bonds is 5. The molecule has 22 heavy (non-hydrogen) atoms. The molecule has 2 aromatic carbocycles. The maximum Gasteiger partial charge on any atom is 0.242 e. The van der Waals surface area contributed by atoms with E-state index in [2.05, 4.69) is 50.8 Å². The van der Waals surface area contributed by atoms with E-state index in [-0.39, 0.29) is 0 Å². The lowest BCUT2D eigenvalue weighted by molar-refractivity contribution is 0.415. The van der Waals surface area contributed by atoms with Gasteiger partial charge in [0.25, 0.3) is 0 Å². The van der Waals surface area contributed by atoms with Gasteiger partial charge in [0.2, 0.25) is 8.32 Å². The number of ether oxygens (including phenoxy) is 1. The Labute approximate surface area is 134 Å². The third-order valence-corrected chi connectivity index (χ3v) is 4.12. The first kappa shape index (κ1) is 16.4. The van der Waals surface area contributed by atoms with Crippen LogP contribution in [0.15, 0.2) is 54.6 Å².